The normalized spacial score (nSPS) is 11.1. The molecule has 0 fully saturated rings. The lowest BCUT2D eigenvalue weighted by Crippen LogP contribution is -2.29. The summed E-state index contributed by atoms with van der Waals surface area (Å²) >= 11 is 0. The van der Waals surface area contributed by atoms with Crippen molar-refractivity contribution in [3.8, 4) is 0 Å². The molecular weight excluding hydrogens is 264 g/mol. The van der Waals surface area contributed by atoms with Crippen molar-refractivity contribution in [1.82, 2.24) is 0 Å². The van der Waals surface area contributed by atoms with E-state index in [-0.39, 0.29) is 5.41 Å². The molecule has 0 aromatic heterocycles. The number of rotatable bonds is 5. The number of hydrogen-bond donors (Lipinski definition) is 0. The van der Waals surface area contributed by atoms with Gasteiger partial charge in [-0.3, -0.25) is 0 Å². The second kappa shape index (κ2) is 6.44. The Kier molecular flexibility index (Phi) is 4.20. The van der Waals surface area contributed by atoms with E-state index in [4.69, 9.17) is 0 Å². The highest BCUT2D eigenvalue weighted by Gasteiger charge is 2.34. The van der Waals surface area contributed by atoms with Crippen LogP contribution in [-0.4, -0.2) is 0 Å². The predicted octanol–water partition coefficient (Wildman–Crippen LogP) is 5.41. The maximum atomic E-state index is 3.97. The molecule has 0 saturated carbocycles. The van der Waals surface area contributed by atoms with Crippen molar-refractivity contribution < 1.29 is 0 Å². The minimum Gasteiger partial charge on any atom is -0.103 e. The van der Waals surface area contributed by atoms with Crippen LogP contribution in [0.2, 0.25) is 0 Å². The molecule has 0 aliphatic heterocycles. The van der Waals surface area contributed by atoms with Crippen LogP contribution in [-0.2, 0) is 5.41 Å². The summed E-state index contributed by atoms with van der Waals surface area (Å²) in [5.41, 5.74) is 3.41. The van der Waals surface area contributed by atoms with Crippen LogP contribution in [0.5, 0.6) is 0 Å². The minimum atomic E-state index is -0.314. The largest absolute Gasteiger partial charge is 0.103 e. The first-order valence-electron chi connectivity index (χ1n) is 7.51. The van der Waals surface area contributed by atoms with Crippen LogP contribution in [0.1, 0.15) is 16.7 Å². The fourth-order valence-corrected chi connectivity index (χ4v) is 3.07. The van der Waals surface area contributed by atoms with E-state index in [9.17, 15) is 0 Å². The Bertz CT molecular complexity index is 615. The molecule has 0 nitrogen and oxygen atoms in total. The lowest BCUT2D eigenvalue weighted by Gasteiger charge is -2.35. The summed E-state index contributed by atoms with van der Waals surface area (Å²) in [7, 11) is 0. The second-order valence-electron chi connectivity index (χ2n) is 5.31. The molecule has 0 N–H and O–H groups in total. The van der Waals surface area contributed by atoms with E-state index in [1.54, 1.807) is 0 Å². The van der Waals surface area contributed by atoms with Gasteiger partial charge in [0.15, 0.2) is 0 Å². The summed E-state index contributed by atoms with van der Waals surface area (Å²) in [6, 6.07) is 31.8. The summed E-state index contributed by atoms with van der Waals surface area (Å²) in [5.74, 6) is 0. The van der Waals surface area contributed by atoms with Crippen LogP contribution in [0.3, 0.4) is 0 Å². The molecule has 1 radical (unpaired) electrons. The van der Waals surface area contributed by atoms with Gasteiger partial charge in [0.2, 0.25) is 0 Å². The van der Waals surface area contributed by atoms with Gasteiger partial charge < -0.3 is 0 Å². The summed E-state index contributed by atoms with van der Waals surface area (Å²) < 4.78 is 0. The molecule has 3 rings (SSSR count). The Morgan fingerprint density at radius 1 is 0.545 bits per heavy atom. The van der Waals surface area contributed by atoms with Gasteiger partial charge in [0.1, 0.15) is 0 Å². The highest BCUT2D eigenvalue weighted by atomic mass is 14.4. The summed E-state index contributed by atoms with van der Waals surface area (Å²) in [4.78, 5) is 0. The van der Waals surface area contributed by atoms with Crippen LogP contribution in [0.4, 0.5) is 0 Å². The number of hydrogen-bond acceptors (Lipinski definition) is 0. The minimum absolute atomic E-state index is 0.314. The molecule has 0 aliphatic carbocycles. The van der Waals surface area contributed by atoms with Crippen molar-refractivity contribution in [2.45, 2.75) is 5.41 Å². The van der Waals surface area contributed by atoms with E-state index in [1.807, 2.05) is 6.08 Å². The van der Waals surface area contributed by atoms with E-state index in [0.717, 1.165) is 0 Å². The molecule has 0 bridgehead atoms. The third-order valence-electron chi connectivity index (χ3n) is 4.06. The lowest BCUT2D eigenvalue weighted by molar-refractivity contribution is 0.738. The first kappa shape index (κ1) is 14.3. The Labute approximate surface area is 132 Å². The highest BCUT2D eigenvalue weighted by molar-refractivity contribution is 5.54. The Morgan fingerprint density at radius 2 is 0.864 bits per heavy atom. The molecule has 0 heterocycles. The molecule has 3 aromatic carbocycles. The highest BCUT2D eigenvalue weighted by Crippen LogP contribution is 2.41. The Morgan fingerprint density at radius 3 is 1.14 bits per heavy atom. The number of benzene rings is 3. The van der Waals surface area contributed by atoms with Crippen LogP contribution >= 0.6 is 0 Å². The van der Waals surface area contributed by atoms with Gasteiger partial charge in [0.25, 0.3) is 0 Å². The quantitative estimate of drug-likeness (QED) is 0.549. The molecule has 3 aromatic rings. The smallest absolute Gasteiger partial charge is 0.0519 e. The van der Waals surface area contributed by atoms with Crippen molar-refractivity contribution in [2.24, 2.45) is 0 Å². The average Bonchev–Trinajstić information content (AvgIpc) is 2.62. The first-order chi connectivity index (χ1) is 10.9. The standard InChI is InChI=1S/C22H19/c1-2-18-22(19-12-6-3-7-13-19,20-14-8-4-9-15-20)21-16-10-5-11-17-21/h2-18H,1H2. The van der Waals surface area contributed by atoms with E-state index in [2.05, 4.69) is 104 Å². The monoisotopic (exact) mass is 283 g/mol. The Hall–Kier alpha value is -2.60. The van der Waals surface area contributed by atoms with Gasteiger partial charge in [-0.2, -0.15) is 0 Å². The number of allylic oxidation sites excluding steroid dienone is 1. The summed E-state index contributed by atoms with van der Waals surface area (Å²) in [6.07, 6.45) is 4.08. The van der Waals surface area contributed by atoms with Gasteiger partial charge in [-0.15, -0.1) is 6.58 Å². The molecule has 0 heteroatoms. The zero-order valence-electron chi connectivity index (χ0n) is 12.5. The van der Waals surface area contributed by atoms with Crippen molar-refractivity contribution in [3.63, 3.8) is 0 Å². The maximum Gasteiger partial charge on any atom is 0.0519 e. The van der Waals surface area contributed by atoms with Gasteiger partial charge in [0, 0.05) is 6.42 Å². The van der Waals surface area contributed by atoms with Crippen LogP contribution < -0.4 is 0 Å². The van der Waals surface area contributed by atoms with Gasteiger partial charge in [-0.25, -0.2) is 0 Å². The zero-order valence-corrected chi connectivity index (χ0v) is 12.5. The van der Waals surface area contributed by atoms with E-state index < -0.39 is 0 Å². The fourth-order valence-electron chi connectivity index (χ4n) is 3.07. The molecule has 22 heavy (non-hydrogen) atoms. The Balaban J connectivity index is 2.31. The topological polar surface area (TPSA) is 0 Å². The van der Waals surface area contributed by atoms with Crippen LogP contribution in [0, 0.1) is 6.42 Å². The third kappa shape index (κ3) is 2.48. The predicted molar refractivity (Wildman–Crippen MR) is 93.7 cm³/mol. The van der Waals surface area contributed by atoms with Gasteiger partial charge in [-0.05, 0) is 16.7 Å². The zero-order chi connectivity index (χ0) is 15.3. The van der Waals surface area contributed by atoms with Crippen molar-refractivity contribution in [2.75, 3.05) is 0 Å². The average molecular weight is 283 g/mol. The van der Waals surface area contributed by atoms with Crippen LogP contribution in [0.25, 0.3) is 0 Å². The summed E-state index contributed by atoms with van der Waals surface area (Å²) in [6.45, 7) is 3.97. The van der Waals surface area contributed by atoms with Gasteiger partial charge in [-0.1, -0.05) is 97.1 Å². The molecule has 0 unspecified atom stereocenters. The van der Waals surface area contributed by atoms with E-state index >= 15 is 0 Å². The van der Waals surface area contributed by atoms with Gasteiger partial charge in [0.05, 0.1) is 5.41 Å². The van der Waals surface area contributed by atoms with E-state index in [0.29, 0.717) is 0 Å². The van der Waals surface area contributed by atoms with Crippen molar-refractivity contribution in [3.05, 3.63) is 127 Å². The maximum absolute atomic E-state index is 3.97. The van der Waals surface area contributed by atoms with Crippen LogP contribution in [0.15, 0.2) is 104 Å². The molecule has 0 aliphatic rings. The molecule has 0 amide bonds. The molecule has 0 spiro atoms. The van der Waals surface area contributed by atoms with Gasteiger partial charge >= 0.3 is 0 Å². The summed E-state index contributed by atoms with van der Waals surface area (Å²) in [5, 5.41) is 0. The second-order valence-corrected chi connectivity index (χ2v) is 5.31. The molecule has 0 atom stereocenters. The first-order valence-corrected chi connectivity index (χ1v) is 7.51. The van der Waals surface area contributed by atoms with Crippen molar-refractivity contribution in [1.29, 1.82) is 0 Å². The molecule has 107 valence electrons. The SMILES string of the molecule is C=C[CH]C(c1ccccc1)(c1ccccc1)c1ccccc1. The fraction of sp³-hybridized carbons (Fsp3) is 0.0455. The lowest BCUT2D eigenvalue weighted by atomic mass is 9.67. The van der Waals surface area contributed by atoms with Crippen molar-refractivity contribution >= 4 is 0 Å². The molecule has 0 saturated heterocycles. The molecular formula is C22H19. The third-order valence-corrected chi connectivity index (χ3v) is 4.06. The van der Waals surface area contributed by atoms with E-state index in [1.165, 1.54) is 16.7 Å².